The minimum Gasteiger partial charge on any atom is -0.511 e. The summed E-state index contributed by atoms with van der Waals surface area (Å²) in [6.45, 7) is 2.98. The fraction of sp³-hybridized carbons (Fsp3) is 0.250. The van der Waals surface area contributed by atoms with Crippen molar-refractivity contribution in [2.45, 2.75) is 19.4 Å². The Bertz CT molecular complexity index is 1370. The number of hydrogen-bond donors (Lipinski definition) is 2. The highest BCUT2D eigenvalue weighted by atomic mass is 16.6. The van der Waals surface area contributed by atoms with Crippen LogP contribution in [-0.2, 0) is 0 Å². The molecule has 8 heteroatoms. The molecule has 0 spiro atoms. The van der Waals surface area contributed by atoms with Crippen molar-refractivity contribution >= 4 is 28.4 Å². The minimum atomic E-state index is -0.450. The van der Waals surface area contributed by atoms with Crippen molar-refractivity contribution < 1.29 is 19.7 Å². The third-order valence-corrected chi connectivity index (χ3v) is 6.38. The van der Waals surface area contributed by atoms with Gasteiger partial charge in [-0.15, -0.1) is 0 Å². The van der Waals surface area contributed by atoms with E-state index in [1.165, 1.54) is 0 Å². The van der Waals surface area contributed by atoms with Crippen LogP contribution >= 0.6 is 0 Å². The Labute approximate surface area is 209 Å². The Morgan fingerprint density at radius 3 is 2.75 bits per heavy atom. The van der Waals surface area contributed by atoms with Crippen LogP contribution in [0.25, 0.3) is 16.5 Å². The van der Waals surface area contributed by atoms with Crippen LogP contribution in [0.3, 0.4) is 0 Å². The van der Waals surface area contributed by atoms with E-state index in [-0.39, 0.29) is 25.0 Å². The highest BCUT2D eigenvalue weighted by Gasteiger charge is 2.32. The van der Waals surface area contributed by atoms with Crippen molar-refractivity contribution in [2.75, 3.05) is 31.1 Å². The quantitative estimate of drug-likeness (QED) is 0.566. The van der Waals surface area contributed by atoms with Gasteiger partial charge in [0, 0.05) is 31.4 Å². The van der Waals surface area contributed by atoms with E-state index in [0.29, 0.717) is 42.5 Å². The van der Waals surface area contributed by atoms with Crippen molar-refractivity contribution in [3.63, 3.8) is 0 Å². The van der Waals surface area contributed by atoms with Crippen LogP contribution in [-0.4, -0.2) is 63.5 Å². The van der Waals surface area contributed by atoms with Gasteiger partial charge in [-0.05, 0) is 42.8 Å². The lowest BCUT2D eigenvalue weighted by molar-refractivity contribution is 0.130. The van der Waals surface area contributed by atoms with Gasteiger partial charge in [0.1, 0.15) is 17.3 Å². The van der Waals surface area contributed by atoms with Crippen molar-refractivity contribution in [3.05, 3.63) is 90.0 Å². The maximum Gasteiger partial charge on any atom is 0.415 e. The molecule has 2 heterocycles. The largest absolute Gasteiger partial charge is 0.511 e. The molecule has 0 bridgehead atoms. The molecular formula is C28H28N4O4. The van der Waals surface area contributed by atoms with Crippen molar-refractivity contribution in [1.29, 1.82) is 0 Å². The Morgan fingerprint density at radius 2 is 1.94 bits per heavy atom. The number of rotatable bonds is 4. The summed E-state index contributed by atoms with van der Waals surface area (Å²) in [4.78, 5) is 26.0. The van der Waals surface area contributed by atoms with Crippen molar-refractivity contribution in [3.8, 4) is 5.75 Å². The average molecular weight is 485 g/mol. The van der Waals surface area contributed by atoms with Crippen molar-refractivity contribution in [2.24, 2.45) is 0 Å². The van der Waals surface area contributed by atoms with Crippen LogP contribution in [0.15, 0.2) is 78.6 Å². The summed E-state index contributed by atoms with van der Waals surface area (Å²) in [5.41, 5.74) is 2.38. The molecule has 1 aliphatic heterocycles. The van der Waals surface area contributed by atoms with Gasteiger partial charge in [0.05, 0.1) is 23.7 Å². The Hall–Kier alpha value is -4.17. The zero-order valence-electron chi connectivity index (χ0n) is 20.0. The summed E-state index contributed by atoms with van der Waals surface area (Å²) in [5, 5.41) is 21.8. The molecule has 5 rings (SSSR count). The number of aryl methyl sites for hydroxylation is 1. The smallest absolute Gasteiger partial charge is 0.415 e. The number of ether oxygens (including phenoxy) is 1. The molecule has 36 heavy (non-hydrogen) atoms. The molecule has 1 aliphatic carbocycles. The van der Waals surface area contributed by atoms with E-state index in [0.717, 1.165) is 16.5 Å². The number of nitrogens with zero attached hydrogens (tertiary/aromatic N) is 4. The fourth-order valence-corrected chi connectivity index (χ4v) is 4.49. The molecule has 1 unspecified atom stereocenters. The zero-order valence-corrected chi connectivity index (χ0v) is 20.0. The lowest BCUT2D eigenvalue weighted by atomic mass is 10.1. The molecule has 2 N–H and O–H groups in total. The first-order valence-electron chi connectivity index (χ1n) is 12.0. The summed E-state index contributed by atoms with van der Waals surface area (Å²) in [7, 11) is 0. The first-order valence-corrected chi connectivity index (χ1v) is 12.0. The number of aliphatic hydroxyl groups is 2. The molecule has 8 nitrogen and oxygen atoms in total. The molecule has 184 valence electrons. The molecule has 1 saturated heterocycles. The van der Waals surface area contributed by atoms with Crippen LogP contribution in [0.5, 0.6) is 5.75 Å². The maximum absolute atomic E-state index is 12.8. The third kappa shape index (κ3) is 4.81. The number of aliphatic hydroxyl groups excluding tert-OH is 2. The Morgan fingerprint density at radius 1 is 1.11 bits per heavy atom. The molecule has 1 fully saturated rings. The van der Waals surface area contributed by atoms with Gasteiger partial charge in [0.25, 0.3) is 0 Å². The number of piperazine rings is 1. The van der Waals surface area contributed by atoms with E-state index in [1.807, 2.05) is 66.4 Å². The molecule has 0 saturated carbocycles. The summed E-state index contributed by atoms with van der Waals surface area (Å²) in [6.07, 6.45) is 7.37. The number of aromatic nitrogens is 2. The standard InChI is InChI=1S/C28H28N4O4/c1-19-12-13-22-24(16-19)29-26(23-10-6-3-7-11-25(23)34)30-27(22)32-15-14-31(17-20(32)18-33)28(35)36-21-8-4-2-5-9-21/h2-10,12-13,16,20,33-34H,11,14-15,17-18H2,1H3. The number of allylic oxidation sites excluding steroid dienone is 5. The summed E-state index contributed by atoms with van der Waals surface area (Å²) < 4.78 is 5.51. The molecule has 3 aromatic rings. The normalized spacial score (nSPS) is 18.0. The van der Waals surface area contributed by atoms with Gasteiger partial charge >= 0.3 is 6.09 Å². The topological polar surface area (TPSA) is 99.0 Å². The van der Waals surface area contributed by atoms with Gasteiger partial charge in [-0.25, -0.2) is 14.8 Å². The number of anilines is 1. The molecule has 2 aromatic carbocycles. The first kappa shape index (κ1) is 23.6. The molecule has 1 aromatic heterocycles. The van der Waals surface area contributed by atoms with E-state index in [1.54, 1.807) is 23.1 Å². The highest BCUT2D eigenvalue weighted by molar-refractivity contribution is 5.92. The van der Waals surface area contributed by atoms with E-state index in [4.69, 9.17) is 14.7 Å². The van der Waals surface area contributed by atoms with Gasteiger partial charge in [0.2, 0.25) is 0 Å². The summed E-state index contributed by atoms with van der Waals surface area (Å²) in [5.74, 6) is 1.76. The predicted molar refractivity (Wildman–Crippen MR) is 139 cm³/mol. The number of carbonyl (C=O) groups excluding carboxylic acids is 1. The number of amides is 1. The van der Waals surface area contributed by atoms with Gasteiger partial charge in [-0.1, -0.05) is 42.5 Å². The van der Waals surface area contributed by atoms with E-state index in [2.05, 4.69) is 0 Å². The fourth-order valence-electron chi connectivity index (χ4n) is 4.49. The van der Waals surface area contributed by atoms with Crippen LogP contribution in [0.1, 0.15) is 17.8 Å². The number of carbonyl (C=O) groups is 1. The van der Waals surface area contributed by atoms with Gasteiger partial charge in [-0.3, -0.25) is 0 Å². The SMILES string of the molecule is Cc1ccc2c(N3CCN(C(=O)Oc4ccccc4)CC3CO)nc(C3=C(O)CC=CC=C3)nc2c1. The second-order valence-electron chi connectivity index (χ2n) is 8.90. The minimum absolute atomic E-state index is 0.167. The van der Waals surface area contributed by atoms with Gasteiger partial charge in [-0.2, -0.15) is 0 Å². The molecule has 1 atom stereocenters. The number of fused-ring (bicyclic) bond motifs is 1. The summed E-state index contributed by atoms with van der Waals surface area (Å²) >= 11 is 0. The Kier molecular flexibility index (Phi) is 6.69. The maximum atomic E-state index is 12.8. The van der Waals surface area contributed by atoms with Crippen LogP contribution in [0, 0.1) is 6.92 Å². The molecule has 1 amide bonds. The number of benzene rings is 2. The summed E-state index contributed by atoms with van der Waals surface area (Å²) in [6, 6.07) is 14.5. The van der Waals surface area contributed by atoms with Gasteiger partial charge < -0.3 is 24.7 Å². The number of para-hydroxylation sites is 1. The molecular weight excluding hydrogens is 456 g/mol. The van der Waals surface area contributed by atoms with Crippen molar-refractivity contribution in [1.82, 2.24) is 14.9 Å². The third-order valence-electron chi connectivity index (χ3n) is 6.38. The van der Waals surface area contributed by atoms with E-state index >= 15 is 0 Å². The lowest BCUT2D eigenvalue weighted by Gasteiger charge is -2.41. The first-order chi connectivity index (χ1) is 17.5. The second kappa shape index (κ2) is 10.2. The molecule has 0 radical (unpaired) electrons. The highest BCUT2D eigenvalue weighted by Crippen LogP contribution is 2.31. The monoisotopic (exact) mass is 484 g/mol. The average Bonchev–Trinajstić information content (AvgIpc) is 3.12. The van der Waals surface area contributed by atoms with Crippen LogP contribution in [0.2, 0.25) is 0 Å². The van der Waals surface area contributed by atoms with Crippen LogP contribution in [0.4, 0.5) is 10.6 Å². The lowest BCUT2D eigenvalue weighted by Crippen LogP contribution is -2.57. The molecule has 2 aliphatic rings. The van der Waals surface area contributed by atoms with Gasteiger partial charge in [0.15, 0.2) is 5.82 Å². The van der Waals surface area contributed by atoms with E-state index < -0.39 is 6.09 Å². The predicted octanol–water partition coefficient (Wildman–Crippen LogP) is 4.41. The van der Waals surface area contributed by atoms with E-state index in [9.17, 15) is 15.0 Å². The Balaban J connectivity index is 1.48. The second-order valence-corrected chi connectivity index (χ2v) is 8.90. The number of hydrogen-bond acceptors (Lipinski definition) is 7. The van der Waals surface area contributed by atoms with Crippen LogP contribution < -0.4 is 9.64 Å². The zero-order chi connectivity index (χ0) is 25.1.